The van der Waals surface area contributed by atoms with E-state index >= 15 is 0 Å². The molecule has 1 aromatic carbocycles. The van der Waals surface area contributed by atoms with E-state index in [1.807, 2.05) is 42.6 Å². The normalized spacial score (nSPS) is 29.6. The smallest absolute Gasteiger partial charge is 0.261 e. The highest BCUT2D eigenvalue weighted by atomic mass is 32.1. The number of ether oxygens (including phenoxy) is 2. The molecule has 0 radical (unpaired) electrons. The zero-order chi connectivity index (χ0) is 19.8. The predicted molar refractivity (Wildman–Crippen MR) is 115 cm³/mol. The van der Waals surface area contributed by atoms with E-state index < -0.39 is 0 Å². The van der Waals surface area contributed by atoms with Gasteiger partial charge in [0.2, 0.25) is 0 Å². The summed E-state index contributed by atoms with van der Waals surface area (Å²) in [5.41, 5.74) is 1.08. The first-order valence-corrected chi connectivity index (χ1v) is 11.7. The molecule has 5 heteroatoms. The molecule has 4 bridgehead atoms. The number of para-hydroxylation sites is 2. The highest BCUT2D eigenvalue weighted by Gasteiger charge is 2.51. The Morgan fingerprint density at radius 1 is 1.07 bits per heavy atom. The van der Waals surface area contributed by atoms with E-state index in [0.29, 0.717) is 13.2 Å². The number of carbonyl (C=O) groups is 1. The Morgan fingerprint density at radius 3 is 2.31 bits per heavy atom. The Labute approximate surface area is 176 Å². The van der Waals surface area contributed by atoms with Crippen LogP contribution in [-0.4, -0.2) is 18.1 Å². The molecule has 2 aromatic rings. The van der Waals surface area contributed by atoms with E-state index in [1.165, 1.54) is 49.9 Å². The van der Waals surface area contributed by atoms with Crippen LogP contribution in [0.25, 0.3) is 0 Å². The Morgan fingerprint density at radius 2 is 1.69 bits per heavy atom. The number of thiophene rings is 1. The SMILES string of the molecule is CCOc1ccccc1OCc1csc(C(=O)NC23CC4CC(CC(C4)C2)C3)c1. The first-order chi connectivity index (χ1) is 14.1. The Bertz CT molecular complexity index is 854. The lowest BCUT2D eigenvalue weighted by molar-refractivity contribution is -0.0166. The van der Waals surface area contributed by atoms with Crippen LogP contribution in [0, 0.1) is 17.8 Å². The minimum absolute atomic E-state index is 0.0585. The molecule has 1 heterocycles. The summed E-state index contributed by atoms with van der Waals surface area (Å²) in [4.78, 5) is 13.8. The molecular weight excluding hydrogens is 382 g/mol. The van der Waals surface area contributed by atoms with Crippen LogP contribution in [0.5, 0.6) is 11.5 Å². The van der Waals surface area contributed by atoms with Gasteiger partial charge in [-0.05, 0) is 86.8 Å². The largest absolute Gasteiger partial charge is 0.490 e. The third-order valence-corrected chi connectivity index (χ3v) is 7.82. The highest BCUT2D eigenvalue weighted by molar-refractivity contribution is 7.12. The highest BCUT2D eigenvalue weighted by Crippen LogP contribution is 2.55. The van der Waals surface area contributed by atoms with Crippen LogP contribution in [0.4, 0.5) is 0 Å². The van der Waals surface area contributed by atoms with Gasteiger partial charge in [0.05, 0.1) is 11.5 Å². The first-order valence-electron chi connectivity index (χ1n) is 10.9. The van der Waals surface area contributed by atoms with Gasteiger partial charge in [0.15, 0.2) is 11.5 Å². The van der Waals surface area contributed by atoms with Crippen LogP contribution in [-0.2, 0) is 6.61 Å². The second-order valence-corrected chi connectivity index (χ2v) is 10.1. The molecule has 0 aliphatic heterocycles. The molecule has 1 N–H and O–H groups in total. The second kappa shape index (κ2) is 7.67. The Hall–Kier alpha value is -2.01. The molecule has 154 valence electrons. The summed E-state index contributed by atoms with van der Waals surface area (Å²) in [6.45, 7) is 3.00. The maximum absolute atomic E-state index is 13.0. The fourth-order valence-electron chi connectivity index (χ4n) is 6.14. The zero-order valence-electron chi connectivity index (χ0n) is 17.0. The van der Waals surface area contributed by atoms with Crippen LogP contribution in [0.3, 0.4) is 0 Å². The topological polar surface area (TPSA) is 47.6 Å². The van der Waals surface area contributed by atoms with Crippen molar-refractivity contribution >= 4 is 17.2 Å². The number of carbonyl (C=O) groups excluding carboxylic acids is 1. The van der Waals surface area contributed by atoms with Crippen molar-refractivity contribution in [2.75, 3.05) is 6.61 Å². The third kappa shape index (κ3) is 3.89. The number of hydrogen-bond acceptors (Lipinski definition) is 4. The summed E-state index contributed by atoms with van der Waals surface area (Å²) >= 11 is 1.51. The fourth-order valence-corrected chi connectivity index (χ4v) is 6.93. The van der Waals surface area contributed by atoms with Crippen LogP contribution in [0.2, 0.25) is 0 Å². The van der Waals surface area contributed by atoms with E-state index in [9.17, 15) is 4.79 Å². The van der Waals surface area contributed by atoms with E-state index in [2.05, 4.69) is 5.32 Å². The lowest BCUT2D eigenvalue weighted by atomic mass is 9.53. The average Bonchev–Trinajstić information content (AvgIpc) is 3.15. The van der Waals surface area contributed by atoms with Crippen molar-refractivity contribution in [1.82, 2.24) is 5.32 Å². The quantitative estimate of drug-likeness (QED) is 0.661. The minimum atomic E-state index is 0.0585. The van der Waals surface area contributed by atoms with Crippen molar-refractivity contribution in [3.05, 3.63) is 46.2 Å². The third-order valence-electron chi connectivity index (χ3n) is 6.84. The molecule has 4 saturated carbocycles. The first kappa shape index (κ1) is 19.0. The van der Waals surface area contributed by atoms with Crippen molar-refractivity contribution in [1.29, 1.82) is 0 Å². The number of hydrogen-bond donors (Lipinski definition) is 1. The van der Waals surface area contributed by atoms with E-state index in [0.717, 1.165) is 39.7 Å². The fraction of sp³-hybridized carbons (Fsp3) is 0.542. The van der Waals surface area contributed by atoms with Crippen molar-refractivity contribution in [3.8, 4) is 11.5 Å². The number of nitrogens with one attached hydrogen (secondary N) is 1. The summed E-state index contributed by atoms with van der Waals surface area (Å²) in [6.07, 6.45) is 7.71. The Balaban J connectivity index is 1.22. The number of amides is 1. The van der Waals surface area contributed by atoms with Gasteiger partial charge in [-0.15, -0.1) is 11.3 Å². The molecule has 0 saturated heterocycles. The van der Waals surface area contributed by atoms with Gasteiger partial charge in [-0.1, -0.05) is 12.1 Å². The molecule has 4 aliphatic carbocycles. The lowest BCUT2D eigenvalue weighted by Crippen LogP contribution is -2.59. The van der Waals surface area contributed by atoms with Crippen LogP contribution in [0.15, 0.2) is 35.7 Å². The molecular formula is C24H29NO3S. The monoisotopic (exact) mass is 411 g/mol. The average molecular weight is 412 g/mol. The zero-order valence-corrected chi connectivity index (χ0v) is 17.8. The van der Waals surface area contributed by atoms with Gasteiger partial charge in [-0.25, -0.2) is 0 Å². The summed E-state index contributed by atoms with van der Waals surface area (Å²) in [5, 5.41) is 5.49. The van der Waals surface area contributed by atoms with E-state index in [-0.39, 0.29) is 11.4 Å². The van der Waals surface area contributed by atoms with Crippen molar-refractivity contribution in [2.24, 2.45) is 17.8 Å². The van der Waals surface area contributed by atoms with Gasteiger partial charge < -0.3 is 14.8 Å². The Kier molecular flexibility index (Phi) is 5.02. The van der Waals surface area contributed by atoms with Gasteiger partial charge in [0, 0.05) is 11.1 Å². The minimum Gasteiger partial charge on any atom is -0.490 e. The van der Waals surface area contributed by atoms with E-state index in [1.54, 1.807) is 0 Å². The van der Waals surface area contributed by atoms with Crippen LogP contribution >= 0.6 is 11.3 Å². The summed E-state index contributed by atoms with van der Waals surface area (Å²) < 4.78 is 11.6. The molecule has 0 spiro atoms. The number of rotatable bonds is 7. The molecule has 1 aromatic heterocycles. The maximum atomic E-state index is 13.0. The van der Waals surface area contributed by atoms with Crippen molar-refractivity contribution in [3.63, 3.8) is 0 Å². The van der Waals surface area contributed by atoms with E-state index in [4.69, 9.17) is 9.47 Å². The molecule has 0 atom stereocenters. The molecule has 6 rings (SSSR count). The number of benzene rings is 1. The summed E-state index contributed by atoms with van der Waals surface area (Å²) in [6, 6.07) is 9.68. The second-order valence-electron chi connectivity index (χ2n) is 9.14. The van der Waals surface area contributed by atoms with Crippen molar-refractivity contribution in [2.45, 2.75) is 57.6 Å². The van der Waals surface area contributed by atoms with Crippen molar-refractivity contribution < 1.29 is 14.3 Å². The van der Waals surface area contributed by atoms with Gasteiger partial charge in [-0.2, -0.15) is 0 Å². The summed E-state index contributed by atoms with van der Waals surface area (Å²) in [5.74, 6) is 4.08. The van der Waals surface area contributed by atoms with Crippen LogP contribution < -0.4 is 14.8 Å². The molecule has 29 heavy (non-hydrogen) atoms. The summed E-state index contributed by atoms with van der Waals surface area (Å²) in [7, 11) is 0. The van der Waals surface area contributed by atoms with Gasteiger partial charge in [-0.3, -0.25) is 4.79 Å². The van der Waals surface area contributed by atoms with Gasteiger partial charge in [0.25, 0.3) is 5.91 Å². The molecule has 4 nitrogen and oxygen atoms in total. The lowest BCUT2D eigenvalue weighted by Gasteiger charge is -2.56. The molecule has 0 unspecified atom stereocenters. The molecule has 4 aliphatic rings. The molecule has 1 amide bonds. The predicted octanol–water partition coefficient (Wildman–Crippen LogP) is 5.42. The standard InChI is InChI=1S/C24H29NO3S/c1-2-27-20-5-3-4-6-21(20)28-14-19-10-22(29-15-19)23(26)25-24-11-16-7-17(12-24)9-18(8-16)13-24/h3-6,10,15-18H,2,7-9,11-14H2,1H3,(H,25,26). The van der Waals surface area contributed by atoms with Crippen LogP contribution in [0.1, 0.15) is 60.7 Å². The van der Waals surface area contributed by atoms with Gasteiger partial charge in [0.1, 0.15) is 6.61 Å². The maximum Gasteiger partial charge on any atom is 0.261 e. The molecule has 4 fully saturated rings. The van der Waals surface area contributed by atoms with Gasteiger partial charge >= 0.3 is 0 Å².